The van der Waals surface area contributed by atoms with Crippen molar-refractivity contribution < 1.29 is 24.2 Å². The molecular formula is C26H31NO5. The summed E-state index contributed by atoms with van der Waals surface area (Å²) in [6.45, 7) is 5.23. The number of fused-ring (bicyclic) bond motifs is 1. The normalized spacial score (nSPS) is 18.7. The number of carbonyl (C=O) groups is 3. The van der Waals surface area contributed by atoms with E-state index in [-0.39, 0.29) is 35.4 Å². The van der Waals surface area contributed by atoms with E-state index >= 15 is 0 Å². The first-order chi connectivity index (χ1) is 15.3. The van der Waals surface area contributed by atoms with Crippen molar-refractivity contribution in [2.45, 2.75) is 65.0 Å². The molecule has 3 atom stereocenters. The Morgan fingerprint density at radius 3 is 2.62 bits per heavy atom. The molecule has 1 aliphatic rings. The van der Waals surface area contributed by atoms with Crippen molar-refractivity contribution in [1.82, 2.24) is 0 Å². The maximum absolute atomic E-state index is 13.1. The number of ketones is 2. The molecule has 1 amide bonds. The van der Waals surface area contributed by atoms with Crippen molar-refractivity contribution >= 4 is 23.7 Å². The third kappa shape index (κ3) is 5.36. The maximum Gasteiger partial charge on any atom is 0.214 e. The Morgan fingerprint density at radius 1 is 1.25 bits per heavy atom. The fourth-order valence-electron chi connectivity index (χ4n) is 4.34. The summed E-state index contributed by atoms with van der Waals surface area (Å²) in [6, 6.07) is 12.9. The summed E-state index contributed by atoms with van der Waals surface area (Å²) >= 11 is 0. The second-order valence-electron chi connectivity index (χ2n) is 8.61. The lowest BCUT2D eigenvalue weighted by Gasteiger charge is -2.37. The largest absolute Gasteiger partial charge is 0.507 e. The molecule has 3 rings (SSSR count). The zero-order valence-electron chi connectivity index (χ0n) is 18.9. The number of Topliss-reactive ketones (excluding diaryl/α,β-unsaturated/α-hetero) is 2. The highest BCUT2D eigenvalue weighted by atomic mass is 16.5. The SMILES string of the molecule is CC(=O)CC[C@H]1C(=O)c2c(O)cc(O[C@H](C)CCCc3ccccc3)cc2N(C=O)[C@@H]1C. The van der Waals surface area contributed by atoms with E-state index in [9.17, 15) is 19.5 Å². The number of phenols is 1. The van der Waals surface area contributed by atoms with E-state index in [0.717, 1.165) is 19.3 Å². The molecule has 2 aromatic carbocycles. The first-order valence-corrected chi connectivity index (χ1v) is 11.2. The Kier molecular flexibility index (Phi) is 7.67. The molecule has 0 spiro atoms. The molecule has 0 aromatic heterocycles. The molecule has 1 heterocycles. The van der Waals surface area contributed by atoms with Gasteiger partial charge >= 0.3 is 0 Å². The molecule has 32 heavy (non-hydrogen) atoms. The lowest BCUT2D eigenvalue weighted by atomic mass is 9.81. The molecule has 0 aliphatic carbocycles. The van der Waals surface area contributed by atoms with Gasteiger partial charge in [0.25, 0.3) is 0 Å². The Hall–Kier alpha value is -3.15. The Bertz CT molecular complexity index is 972. The summed E-state index contributed by atoms with van der Waals surface area (Å²) in [6.07, 6.45) is 3.91. The number of aromatic hydroxyl groups is 1. The number of ether oxygens (including phenoxy) is 1. The minimum Gasteiger partial charge on any atom is -0.507 e. The van der Waals surface area contributed by atoms with Crippen LogP contribution in [0.2, 0.25) is 0 Å². The molecule has 6 heteroatoms. The number of benzene rings is 2. The highest BCUT2D eigenvalue weighted by molar-refractivity contribution is 6.10. The molecule has 1 N–H and O–H groups in total. The molecule has 170 valence electrons. The van der Waals surface area contributed by atoms with Crippen molar-refractivity contribution in [3.05, 3.63) is 53.6 Å². The fraction of sp³-hybridized carbons (Fsp3) is 0.423. The van der Waals surface area contributed by atoms with Crippen LogP contribution in [0.1, 0.15) is 62.4 Å². The van der Waals surface area contributed by atoms with Crippen LogP contribution in [0.5, 0.6) is 11.5 Å². The van der Waals surface area contributed by atoms with Gasteiger partial charge in [-0.3, -0.25) is 9.59 Å². The van der Waals surface area contributed by atoms with Crippen molar-refractivity contribution in [3.8, 4) is 11.5 Å². The van der Waals surface area contributed by atoms with Gasteiger partial charge in [-0.25, -0.2) is 0 Å². The third-order valence-corrected chi connectivity index (χ3v) is 6.13. The molecule has 0 saturated heterocycles. The number of amides is 1. The van der Waals surface area contributed by atoms with E-state index in [4.69, 9.17) is 4.74 Å². The Morgan fingerprint density at radius 2 is 1.97 bits per heavy atom. The summed E-state index contributed by atoms with van der Waals surface area (Å²) in [5.41, 5.74) is 1.75. The molecule has 0 bridgehead atoms. The van der Waals surface area contributed by atoms with Gasteiger partial charge < -0.3 is 19.5 Å². The predicted molar refractivity (Wildman–Crippen MR) is 123 cm³/mol. The molecule has 0 fully saturated rings. The monoisotopic (exact) mass is 437 g/mol. The Labute approximate surface area is 189 Å². The number of phenolic OH excluding ortho intramolecular Hbond substituents is 1. The molecule has 6 nitrogen and oxygen atoms in total. The standard InChI is InChI=1S/C26H31NO5/c1-17(29)12-13-22-19(3)27(16-28)23-14-21(15-24(30)25(23)26(22)31)32-18(2)8-7-11-20-9-5-4-6-10-20/h4-6,9-10,14-16,18-19,22,30H,7-8,11-13H2,1-3H3/t18-,19-,22-/m1/s1. The van der Waals surface area contributed by atoms with Crippen LogP contribution in [-0.4, -0.2) is 35.2 Å². The van der Waals surface area contributed by atoms with Crippen LogP contribution in [0.25, 0.3) is 0 Å². The second kappa shape index (κ2) is 10.4. The van der Waals surface area contributed by atoms with Gasteiger partial charge in [0.05, 0.1) is 17.4 Å². The van der Waals surface area contributed by atoms with Crippen molar-refractivity contribution in [3.63, 3.8) is 0 Å². The number of anilines is 1. The molecular weight excluding hydrogens is 406 g/mol. The number of rotatable bonds is 10. The first-order valence-electron chi connectivity index (χ1n) is 11.2. The summed E-state index contributed by atoms with van der Waals surface area (Å²) < 4.78 is 6.01. The van der Waals surface area contributed by atoms with Gasteiger partial charge in [0.1, 0.15) is 17.3 Å². The smallest absolute Gasteiger partial charge is 0.214 e. The number of aryl methyl sites for hydroxylation is 1. The van der Waals surface area contributed by atoms with Gasteiger partial charge in [0.15, 0.2) is 5.78 Å². The van der Waals surface area contributed by atoms with E-state index < -0.39 is 12.0 Å². The Balaban J connectivity index is 1.73. The lowest BCUT2D eigenvalue weighted by Crippen LogP contribution is -2.46. The molecule has 0 saturated carbocycles. The quantitative estimate of drug-likeness (QED) is 0.544. The topological polar surface area (TPSA) is 83.9 Å². The molecule has 0 unspecified atom stereocenters. The number of nitrogens with zero attached hydrogens (tertiary/aromatic N) is 1. The van der Waals surface area contributed by atoms with Gasteiger partial charge in [-0.2, -0.15) is 0 Å². The van der Waals surface area contributed by atoms with E-state index in [1.807, 2.05) is 25.1 Å². The van der Waals surface area contributed by atoms with Crippen LogP contribution in [0.3, 0.4) is 0 Å². The average molecular weight is 438 g/mol. The average Bonchev–Trinajstić information content (AvgIpc) is 2.74. The van der Waals surface area contributed by atoms with E-state index in [2.05, 4.69) is 12.1 Å². The first kappa shape index (κ1) is 23.5. The highest BCUT2D eigenvalue weighted by Gasteiger charge is 2.39. The minimum absolute atomic E-state index is 0.0114. The zero-order chi connectivity index (χ0) is 23.3. The fourth-order valence-corrected chi connectivity index (χ4v) is 4.34. The van der Waals surface area contributed by atoms with Gasteiger partial charge in [-0.1, -0.05) is 30.3 Å². The molecule has 0 radical (unpaired) electrons. The van der Waals surface area contributed by atoms with Gasteiger partial charge in [-0.05, 0) is 52.0 Å². The van der Waals surface area contributed by atoms with Crippen LogP contribution in [0, 0.1) is 5.92 Å². The summed E-state index contributed by atoms with van der Waals surface area (Å²) in [5, 5.41) is 10.6. The van der Waals surface area contributed by atoms with Gasteiger partial charge in [0.2, 0.25) is 6.41 Å². The van der Waals surface area contributed by atoms with Crippen molar-refractivity contribution in [2.75, 3.05) is 4.90 Å². The van der Waals surface area contributed by atoms with Crippen LogP contribution >= 0.6 is 0 Å². The summed E-state index contributed by atoms with van der Waals surface area (Å²) in [5.74, 6) is -0.575. The number of carbonyl (C=O) groups excluding carboxylic acids is 3. The van der Waals surface area contributed by atoms with E-state index in [0.29, 0.717) is 24.3 Å². The third-order valence-electron chi connectivity index (χ3n) is 6.13. The van der Waals surface area contributed by atoms with Gasteiger partial charge in [0, 0.05) is 30.5 Å². The van der Waals surface area contributed by atoms with Crippen LogP contribution < -0.4 is 9.64 Å². The highest BCUT2D eigenvalue weighted by Crippen LogP contribution is 2.42. The maximum atomic E-state index is 13.1. The summed E-state index contributed by atoms with van der Waals surface area (Å²) in [4.78, 5) is 37.8. The van der Waals surface area contributed by atoms with E-state index in [1.54, 1.807) is 13.0 Å². The number of hydrogen-bond donors (Lipinski definition) is 1. The minimum atomic E-state index is -0.536. The van der Waals surface area contributed by atoms with Crippen molar-refractivity contribution in [2.24, 2.45) is 5.92 Å². The zero-order valence-corrected chi connectivity index (χ0v) is 18.9. The predicted octanol–water partition coefficient (Wildman–Crippen LogP) is 4.72. The van der Waals surface area contributed by atoms with Crippen LogP contribution in [0.15, 0.2) is 42.5 Å². The van der Waals surface area contributed by atoms with Crippen LogP contribution in [0.4, 0.5) is 5.69 Å². The second-order valence-corrected chi connectivity index (χ2v) is 8.61. The lowest BCUT2D eigenvalue weighted by molar-refractivity contribution is -0.117. The van der Waals surface area contributed by atoms with Crippen molar-refractivity contribution in [1.29, 1.82) is 0 Å². The molecule has 1 aliphatic heterocycles. The molecule has 2 aromatic rings. The van der Waals surface area contributed by atoms with E-state index in [1.165, 1.54) is 23.5 Å². The number of hydrogen-bond acceptors (Lipinski definition) is 5. The summed E-state index contributed by atoms with van der Waals surface area (Å²) in [7, 11) is 0. The van der Waals surface area contributed by atoms with Crippen LogP contribution in [-0.2, 0) is 16.0 Å². The van der Waals surface area contributed by atoms with Gasteiger partial charge in [-0.15, -0.1) is 0 Å².